The molecule has 2 aromatic heterocycles. The molecule has 10 bridgehead atoms. The fourth-order valence-corrected chi connectivity index (χ4v) is 8.73. The van der Waals surface area contributed by atoms with Crippen LogP contribution in [-0.2, 0) is 27.8 Å². The molecule has 5 aliphatic rings. The van der Waals surface area contributed by atoms with Crippen LogP contribution in [0.25, 0.3) is 28.3 Å². The van der Waals surface area contributed by atoms with Gasteiger partial charge in [-0.1, -0.05) is 82.3 Å². The molecule has 3 aromatic carbocycles. The second kappa shape index (κ2) is 10.7. The van der Waals surface area contributed by atoms with Crippen LogP contribution in [0.4, 0.5) is 5.69 Å². The Morgan fingerprint density at radius 1 is 1.02 bits per heavy atom. The monoisotopic (exact) mass is 679 g/mol. The van der Waals surface area contributed by atoms with Gasteiger partial charge in [-0.25, -0.2) is 9.97 Å². The molecule has 10 heteroatoms. The smallest absolute Gasteiger partial charge is 0.249 e. The number of carbonyl (C=O) groups is 2. The highest BCUT2D eigenvalue weighted by Gasteiger charge is 2.61. The van der Waals surface area contributed by atoms with Crippen molar-refractivity contribution >= 4 is 23.1 Å². The molecule has 5 aromatic rings. The minimum Gasteiger partial charge on any atom is -0.469 e. The van der Waals surface area contributed by atoms with Gasteiger partial charge < -0.3 is 29.5 Å². The quantitative estimate of drug-likeness (QED) is 0.192. The number of nitrogens with one attached hydrogen (secondary N) is 3. The summed E-state index contributed by atoms with van der Waals surface area (Å²) < 4.78 is 20.5. The van der Waals surface area contributed by atoms with Gasteiger partial charge in [-0.05, 0) is 46.6 Å². The number of carbonyl (C=O) groups excluding carboxylic acids is 2. The second-order valence-electron chi connectivity index (χ2n) is 15.1. The van der Waals surface area contributed by atoms with Gasteiger partial charge in [0.25, 0.3) is 0 Å². The van der Waals surface area contributed by atoms with Crippen LogP contribution in [0.3, 0.4) is 0 Å². The van der Waals surface area contributed by atoms with E-state index in [0.717, 1.165) is 51.1 Å². The summed E-state index contributed by atoms with van der Waals surface area (Å²) in [6, 6.07) is 17.4. The molecular weight excluding hydrogens is 642 g/mol. The number of para-hydroxylation sites is 1. The molecular formula is C41H37N5O5. The largest absolute Gasteiger partial charge is 0.469 e. The van der Waals surface area contributed by atoms with E-state index in [-0.39, 0.29) is 23.7 Å². The molecule has 4 aliphatic heterocycles. The van der Waals surface area contributed by atoms with Crippen molar-refractivity contribution in [3.8, 4) is 28.5 Å². The van der Waals surface area contributed by atoms with Crippen molar-refractivity contribution in [2.45, 2.75) is 70.7 Å². The molecule has 0 saturated heterocycles. The molecule has 1 spiro atoms. The third-order valence-electron chi connectivity index (χ3n) is 11.0. The normalized spacial score (nSPS) is 23.0. The average Bonchev–Trinajstić information content (AvgIpc) is 3.92. The Hall–Kier alpha value is -5.64. The molecule has 2 amide bonds. The predicted molar refractivity (Wildman–Crippen MR) is 190 cm³/mol. The van der Waals surface area contributed by atoms with E-state index < -0.39 is 23.7 Å². The zero-order valence-electron chi connectivity index (χ0n) is 28.8. The summed E-state index contributed by atoms with van der Waals surface area (Å²) in [4.78, 5) is 37.2. The molecule has 51 heavy (non-hydrogen) atoms. The number of benzene rings is 3. The van der Waals surface area contributed by atoms with Crippen molar-refractivity contribution in [1.82, 2.24) is 20.6 Å². The third kappa shape index (κ3) is 4.22. The lowest BCUT2D eigenvalue weighted by Crippen LogP contribution is -2.49. The molecule has 4 atom stereocenters. The minimum absolute atomic E-state index is 0.107. The van der Waals surface area contributed by atoms with Crippen molar-refractivity contribution in [2.75, 3.05) is 5.32 Å². The number of allylic oxidation sites excluding steroid dienone is 1. The van der Waals surface area contributed by atoms with E-state index in [4.69, 9.17) is 23.5 Å². The molecule has 6 heterocycles. The van der Waals surface area contributed by atoms with Gasteiger partial charge in [0.1, 0.15) is 23.2 Å². The van der Waals surface area contributed by atoms with E-state index in [2.05, 4.69) is 64.5 Å². The maximum Gasteiger partial charge on any atom is 0.249 e. The summed E-state index contributed by atoms with van der Waals surface area (Å²) in [5.74, 6) is 2.11. The molecule has 10 rings (SSSR count). The van der Waals surface area contributed by atoms with E-state index in [1.165, 1.54) is 5.56 Å². The Kier molecular flexibility index (Phi) is 6.33. The van der Waals surface area contributed by atoms with Crippen molar-refractivity contribution in [2.24, 2.45) is 11.8 Å². The number of amides is 2. The van der Waals surface area contributed by atoms with Gasteiger partial charge in [0.15, 0.2) is 23.4 Å². The number of hydrogen-bond acceptors (Lipinski definition) is 8. The van der Waals surface area contributed by atoms with Crippen molar-refractivity contribution < 1.29 is 23.2 Å². The maximum absolute atomic E-state index is 14.1. The first-order valence-electron chi connectivity index (χ1n) is 17.8. The van der Waals surface area contributed by atoms with E-state index in [0.29, 0.717) is 47.6 Å². The van der Waals surface area contributed by atoms with Crippen molar-refractivity contribution in [3.63, 3.8) is 0 Å². The van der Waals surface area contributed by atoms with E-state index in [1.54, 1.807) is 6.20 Å². The molecule has 3 N–H and O–H groups in total. The molecule has 2 unspecified atom stereocenters. The summed E-state index contributed by atoms with van der Waals surface area (Å²) in [5.41, 5.74) is 8.67. The molecule has 10 nitrogen and oxygen atoms in total. The SMILES string of the molecule is CC(C)CC(=O)NC1Cc2ccc3c(c2)C24c5cccc(c5N[C@H]2O3)-c2cccc3c2C(=CC3)c2cnc(o2)-c2nc(oc24)[C@H](C(C)C)NC1=O. The highest BCUT2D eigenvalue weighted by molar-refractivity contribution is 5.97. The molecule has 1 aliphatic carbocycles. The van der Waals surface area contributed by atoms with Crippen LogP contribution in [-0.4, -0.2) is 34.1 Å². The number of oxazole rings is 2. The number of aromatic nitrogens is 2. The standard InChI is InChI=1S/C41H37N5O5/c1-19(2)15-31(47)43-28-17-21-11-14-29-27(16-21)41-26-10-6-9-24(34(26)46-40(41)50-29)23-8-5-7-22-12-13-25(32(22)23)30-18-42-38(49-30)35-36(41)51-39(45-35)33(20(3)4)44-37(28)48/h5-11,13-14,16,18-20,28,33,40,46H,12,15,17H2,1-4H3,(H,43,47)(H,44,48)/t28?,33-,40-,41?/m0/s1. The summed E-state index contributed by atoms with van der Waals surface area (Å²) >= 11 is 0. The van der Waals surface area contributed by atoms with Gasteiger partial charge in [-0.3, -0.25) is 9.59 Å². The first kappa shape index (κ1) is 30.2. The minimum atomic E-state index is -0.997. The van der Waals surface area contributed by atoms with Crippen LogP contribution in [0.15, 0.2) is 75.7 Å². The van der Waals surface area contributed by atoms with E-state index >= 15 is 0 Å². The van der Waals surface area contributed by atoms with Gasteiger partial charge in [0.05, 0.1) is 6.20 Å². The Balaban J connectivity index is 1.28. The fourth-order valence-electron chi connectivity index (χ4n) is 8.73. The van der Waals surface area contributed by atoms with Crippen LogP contribution in [0.2, 0.25) is 0 Å². The predicted octanol–water partition coefficient (Wildman–Crippen LogP) is 6.68. The highest BCUT2D eigenvalue weighted by atomic mass is 16.5. The summed E-state index contributed by atoms with van der Waals surface area (Å²) in [6.45, 7) is 8.00. The van der Waals surface area contributed by atoms with Gasteiger partial charge >= 0.3 is 0 Å². The first-order valence-corrected chi connectivity index (χ1v) is 17.8. The second-order valence-corrected chi connectivity index (χ2v) is 15.1. The number of fused-ring (bicyclic) bond motifs is 7. The summed E-state index contributed by atoms with van der Waals surface area (Å²) in [5, 5.41) is 10.0. The summed E-state index contributed by atoms with van der Waals surface area (Å²) in [6.07, 6.45) is 4.78. The maximum atomic E-state index is 14.1. The Morgan fingerprint density at radius 2 is 1.86 bits per heavy atom. The number of nitrogens with zero attached hydrogens (tertiary/aromatic N) is 2. The van der Waals surface area contributed by atoms with Gasteiger partial charge in [-0.2, -0.15) is 0 Å². The zero-order chi connectivity index (χ0) is 34.8. The molecule has 256 valence electrons. The summed E-state index contributed by atoms with van der Waals surface area (Å²) in [7, 11) is 0. The highest BCUT2D eigenvalue weighted by Crippen LogP contribution is 2.61. The molecule has 0 fully saturated rings. The van der Waals surface area contributed by atoms with Gasteiger partial charge in [-0.15, -0.1) is 0 Å². The van der Waals surface area contributed by atoms with Crippen LogP contribution in [0.1, 0.15) is 85.4 Å². The van der Waals surface area contributed by atoms with Crippen LogP contribution in [0.5, 0.6) is 5.75 Å². The third-order valence-corrected chi connectivity index (χ3v) is 11.0. The number of ether oxygens (including phenoxy) is 1. The topological polar surface area (TPSA) is 132 Å². The number of rotatable bonds is 4. The first-order chi connectivity index (χ1) is 24.7. The van der Waals surface area contributed by atoms with Gasteiger partial charge in [0.2, 0.25) is 23.6 Å². The van der Waals surface area contributed by atoms with Crippen LogP contribution >= 0.6 is 0 Å². The van der Waals surface area contributed by atoms with E-state index in [9.17, 15) is 9.59 Å². The lowest BCUT2D eigenvalue weighted by Gasteiger charge is -2.29. The zero-order valence-corrected chi connectivity index (χ0v) is 28.8. The van der Waals surface area contributed by atoms with Crippen LogP contribution in [0, 0.1) is 11.8 Å². The molecule has 0 radical (unpaired) electrons. The van der Waals surface area contributed by atoms with Crippen molar-refractivity contribution in [3.05, 3.63) is 112 Å². The van der Waals surface area contributed by atoms with Crippen LogP contribution < -0.4 is 20.7 Å². The fraction of sp³-hybridized carbons (Fsp3) is 0.317. The lowest BCUT2D eigenvalue weighted by atomic mass is 9.72. The average molecular weight is 680 g/mol. The number of anilines is 1. The lowest BCUT2D eigenvalue weighted by molar-refractivity contribution is -0.130. The Morgan fingerprint density at radius 3 is 2.71 bits per heavy atom. The number of hydrogen-bond donors (Lipinski definition) is 3. The van der Waals surface area contributed by atoms with E-state index in [1.807, 2.05) is 39.8 Å². The van der Waals surface area contributed by atoms with Crippen molar-refractivity contribution in [1.29, 1.82) is 0 Å². The Labute approximate surface area is 294 Å². The van der Waals surface area contributed by atoms with Gasteiger partial charge in [0, 0.05) is 40.8 Å². The Bertz CT molecular complexity index is 2350. The molecule has 0 saturated carbocycles.